The highest BCUT2D eigenvalue weighted by molar-refractivity contribution is 5.82. The summed E-state index contributed by atoms with van der Waals surface area (Å²) in [6.45, 7) is 0. The van der Waals surface area contributed by atoms with Gasteiger partial charge in [0.25, 0.3) is 0 Å². The van der Waals surface area contributed by atoms with Gasteiger partial charge in [0.15, 0.2) is 0 Å². The zero-order chi connectivity index (χ0) is 17.7. The lowest BCUT2D eigenvalue weighted by atomic mass is 10.0. The smallest absolute Gasteiger partial charge is 0.416 e. The first-order valence-electron chi connectivity index (χ1n) is 6.85. The highest BCUT2D eigenvalue weighted by Crippen LogP contribution is 2.39. The number of fused-ring (bicyclic) bond motifs is 1. The van der Waals surface area contributed by atoms with Crippen LogP contribution >= 0.6 is 0 Å². The van der Waals surface area contributed by atoms with Crippen LogP contribution in [-0.2, 0) is 12.4 Å². The van der Waals surface area contributed by atoms with E-state index in [-0.39, 0.29) is 29.0 Å². The maximum atomic E-state index is 12.9. The van der Waals surface area contributed by atoms with Crippen molar-refractivity contribution in [2.75, 3.05) is 0 Å². The predicted molar refractivity (Wildman–Crippen MR) is 71.7 cm³/mol. The Bertz CT molecular complexity index is 875. The molecule has 3 rings (SSSR count). The molecular formula is C16H8F6O. The minimum absolute atomic E-state index is 0.0122. The number of para-hydroxylation sites is 1. The summed E-state index contributed by atoms with van der Waals surface area (Å²) in [5.41, 5.74) is -3.09. The first kappa shape index (κ1) is 14.2. The van der Waals surface area contributed by atoms with E-state index >= 15 is 0 Å². The first-order valence-corrected chi connectivity index (χ1v) is 6.35. The van der Waals surface area contributed by atoms with Crippen LogP contribution in [0.1, 0.15) is 12.5 Å². The van der Waals surface area contributed by atoms with Gasteiger partial charge in [0.05, 0.1) is 12.5 Å². The monoisotopic (exact) mass is 331 g/mol. The van der Waals surface area contributed by atoms with Crippen LogP contribution < -0.4 is 0 Å². The Morgan fingerprint density at radius 2 is 1.43 bits per heavy atom. The molecule has 1 aromatic heterocycles. The summed E-state index contributed by atoms with van der Waals surface area (Å²) in [5.74, 6) is -0.165. The highest BCUT2D eigenvalue weighted by atomic mass is 19.4. The molecule has 0 aliphatic carbocycles. The first-order chi connectivity index (χ1) is 11.1. The van der Waals surface area contributed by atoms with E-state index in [9.17, 15) is 26.3 Å². The van der Waals surface area contributed by atoms with Gasteiger partial charge in [0.1, 0.15) is 11.3 Å². The number of hydrogen-bond donors (Lipinski definition) is 0. The molecule has 23 heavy (non-hydrogen) atoms. The summed E-state index contributed by atoms with van der Waals surface area (Å²) >= 11 is 0. The molecule has 0 N–H and O–H groups in total. The summed E-state index contributed by atoms with van der Waals surface area (Å²) in [6, 6.07) is 7.04. The molecule has 0 fully saturated rings. The molecule has 0 amide bonds. The molecule has 1 heterocycles. The van der Waals surface area contributed by atoms with Crippen LogP contribution in [0.4, 0.5) is 26.3 Å². The number of furan rings is 1. The summed E-state index contributed by atoms with van der Waals surface area (Å²) < 4.78 is 90.3. The minimum atomic E-state index is -4.93. The van der Waals surface area contributed by atoms with Gasteiger partial charge in [-0.2, -0.15) is 26.3 Å². The number of rotatable bonds is 1. The van der Waals surface area contributed by atoms with E-state index in [0.717, 1.165) is 0 Å². The molecule has 2 aromatic carbocycles. The van der Waals surface area contributed by atoms with Crippen molar-refractivity contribution in [2.45, 2.75) is 12.4 Å². The van der Waals surface area contributed by atoms with Crippen LogP contribution in [0.5, 0.6) is 0 Å². The van der Waals surface area contributed by atoms with Crippen molar-refractivity contribution in [1.82, 2.24) is 0 Å². The zero-order valence-electron chi connectivity index (χ0n) is 12.2. The second kappa shape index (κ2) is 5.04. The Kier molecular flexibility index (Phi) is 3.11. The molecule has 1 nitrogen and oxygen atoms in total. The van der Waals surface area contributed by atoms with E-state index in [1.807, 2.05) is 0 Å². The molecule has 0 atom stereocenters. The van der Waals surface area contributed by atoms with Gasteiger partial charge in [-0.05, 0) is 30.3 Å². The Labute approximate surface area is 127 Å². The Morgan fingerprint density at radius 3 is 1.96 bits per heavy atom. The number of alkyl halides is 6. The van der Waals surface area contributed by atoms with Gasteiger partial charge in [-0.25, -0.2) is 0 Å². The lowest BCUT2D eigenvalue weighted by molar-refractivity contribution is -0.143. The molecule has 0 spiro atoms. The molecule has 0 saturated heterocycles. The third-order valence-electron chi connectivity index (χ3n) is 3.22. The van der Waals surface area contributed by atoms with E-state index in [1.54, 1.807) is 6.07 Å². The van der Waals surface area contributed by atoms with Crippen LogP contribution in [0.3, 0.4) is 0 Å². The largest absolute Gasteiger partial charge is 0.456 e. The average molecular weight is 331 g/mol. The van der Waals surface area contributed by atoms with Crippen LogP contribution in [0, 0.1) is 0 Å². The Morgan fingerprint density at radius 1 is 0.826 bits per heavy atom. The SMILES string of the molecule is [2H]c1cccc2cc(-c3cc(C(F)(F)F)cc(C(F)(F)F)c3)oc12. The van der Waals surface area contributed by atoms with Crippen molar-refractivity contribution in [3.8, 4) is 11.3 Å². The fraction of sp³-hybridized carbons (Fsp3) is 0.125. The number of benzene rings is 2. The quantitative estimate of drug-likeness (QED) is 0.488. The normalized spacial score (nSPS) is 13.4. The zero-order valence-corrected chi connectivity index (χ0v) is 11.2. The standard InChI is InChI=1S/C16H8F6O/c17-15(18,19)11-5-10(6-12(8-11)16(20,21)22)14-7-9-3-1-2-4-13(9)23-14/h1-8H/i4D. The Hall–Kier alpha value is -2.44. The molecule has 0 aliphatic rings. The summed E-state index contributed by atoms with van der Waals surface area (Å²) in [6.07, 6.45) is -9.86. The molecule has 120 valence electrons. The maximum Gasteiger partial charge on any atom is 0.416 e. The fourth-order valence-electron chi connectivity index (χ4n) is 2.16. The van der Waals surface area contributed by atoms with Gasteiger partial charge >= 0.3 is 12.4 Å². The van der Waals surface area contributed by atoms with E-state index < -0.39 is 23.5 Å². The van der Waals surface area contributed by atoms with E-state index in [1.165, 1.54) is 18.2 Å². The van der Waals surface area contributed by atoms with Crippen molar-refractivity contribution in [3.63, 3.8) is 0 Å². The van der Waals surface area contributed by atoms with Gasteiger partial charge in [0, 0.05) is 10.9 Å². The van der Waals surface area contributed by atoms with Crippen LogP contribution in [-0.4, -0.2) is 0 Å². The molecule has 0 saturated carbocycles. The van der Waals surface area contributed by atoms with Crippen molar-refractivity contribution in [1.29, 1.82) is 0 Å². The molecular weight excluding hydrogens is 322 g/mol. The number of hydrogen-bond acceptors (Lipinski definition) is 1. The summed E-state index contributed by atoms with van der Waals surface area (Å²) in [4.78, 5) is 0. The van der Waals surface area contributed by atoms with Gasteiger partial charge in [-0.15, -0.1) is 0 Å². The van der Waals surface area contributed by atoms with Gasteiger partial charge < -0.3 is 4.42 Å². The topological polar surface area (TPSA) is 13.1 Å². The van der Waals surface area contributed by atoms with Crippen molar-refractivity contribution in [2.24, 2.45) is 0 Å². The third kappa shape index (κ3) is 3.04. The maximum absolute atomic E-state index is 12.9. The van der Waals surface area contributed by atoms with Gasteiger partial charge in [-0.3, -0.25) is 0 Å². The summed E-state index contributed by atoms with van der Waals surface area (Å²) in [5, 5.41) is 0.420. The molecule has 7 heteroatoms. The molecule has 0 bridgehead atoms. The molecule has 3 aromatic rings. The minimum Gasteiger partial charge on any atom is -0.456 e. The van der Waals surface area contributed by atoms with Crippen LogP contribution in [0.2, 0.25) is 0 Å². The van der Waals surface area contributed by atoms with Gasteiger partial charge in [-0.1, -0.05) is 18.2 Å². The fourth-order valence-corrected chi connectivity index (χ4v) is 2.16. The lowest BCUT2D eigenvalue weighted by Gasteiger charge is -2.13. The van der Waals surface area contributed by atoms with E-state index in [2.05, 4.69) is 0 Å². The van der Waals surface area contributed by atoms with Crippen LogP contribution in [0.25, 0.3) is 22.3 Å². The third-order valence-corrected chi connectivity index (χ3v) is 3.22. The van der Waals surface area contributed by atoms with Crippen molar-refractivity contribution < 1.29 is 32.1 Å². The predicted octanol–water partition coefficient (Wildman–Crippen LogP) is 6.14. The van der Waals surface area contributed by atoms with E-state index in [0.29, 0.717) is 17.5 Å². The molecule has 0 unspecified atom stereocenters. The number of halogens is 6. The van der Waals surface area contributed by atoms with Crippen LogP contribution in [0.15, 0.2) is 52.9 Å². The summed E-state index contributed by atoms with van der Waals surface area (Å²) in [7, 11) is 0. The van der Waals surface area contributed by atoms with Crippen molar-refractivity contribution in [3.05, 3.63) is 59.6 Å². The lowest BCUT2D eigenvalue weighted by Crippen LogP contribution is -2.10. The average Bonchev–Trinajstić information content (AvgIpc) is 2.90. The van der Waals surface area contributed by atoms with Gasteiger partial charge in [0.2, 0.25) is 0 Å². The Balaban J connectivity index is 2.23. The second-order valence-corrected chi connectivity index (χ2v) is 4.86. The molecule has 0 radical (unpaired) electrons. The molecule has 0 aliphatic heterocycles. The van der Waals surface area contributed by atoms with E-state index in [4.69, 9.17) is 5.79 Å². The van der Waals surface area contributed by atoms with Crippen molar-refractivity contribution >= 4 is 11.0 Å². The highest BCUT2D eigenvalue weighted by Gasteiger charge is 2.37. The second-order valence-electron chi connectivity index (χ2n) is 4.86.